The molecule has 0 aromatic carbocycles. The van der Waals surface area contributed by atoms with Crippen LogP contribution in [0.25, 0.3) is 0 Å². The van der Waals surface area contributed by atoms with Gasteiger partial charge in [-0.15, -0.1) is 0 Å². The fourth-order valence-electron chi connectivity index (χ4n) is 1.76. The Balaban J connectivity index is 2.66. The van der Waals surface area contributed by atoms with Gasteiger partial charge in [0.2, 0.25) is 6.17 Å². The zero-order valence-electron chi connectivity index (χ0n) is 6.96. The number of rotatable bonds is 2. The Bertz CT molecular complexity index is 195. The third-order valence-electron chi connectivity index (χ3n) is 2.46. The minimum absolute atomic E-state index is 0.215. The van der Waals surface area contributed by atoms with Crippen molar-refractivity contribution in [2.24, 2.45) is 5.92 Å². The molecule has 1 fully saturated rings. The van der Waals surface area contributed by atoms with Crippen LogP contribution in [0.3, 0.4) is 0 Å². The molecule has 0 aromatic rings. The van der Waals surface area contributed by atoms with Crippen molar-refractivity contribution in [1.29, 1.82) is 0 Å². The van der Waals surface area contributed by atoms with E-state index in [0.717, 1.165) is 0 Å². The summed E-state index contributed by atoms with van der Waals surface area (Å²) >= 11 is 0. The van der Waals surface area contributed by atoms with E-state index in [1.54, 1.807) is 0 Å². The lowest BCUT2D eigenvalue weighted by atomic mass is 9.95. The molecule has 1 saturated carbocycles. The Morgan fingerprint density at radius 2 is 2.33 bits per heavy atom. The van der Waals surface area contributed by atoms with Gasteiger partial charge in [0.15, 0.2) is 0 Å². The van der Waals surface area contributed by atoms with Crippen LogP contribution in [0.5, 0.6) is 0 Å². The summed E-state index contributed by atoms with van der Waals surface area (Å²) in [7, 11) is 0. The second kappa shape index (κ2) is 3.01. The number of carboxylic acids is 1. The first-order chi connectivity index (χ1) is 5.46. The highest BCUT2D eigenvalue weighted by Gasteiger charge is 2.46. The topological polar surface area (TPSA) is 57.5 Å². The zero-order chi connectivity index (χ0) is 9.35. The molecule has 1 rings (SSSR count). The zero-order valence-corrected chi connectivity index (χ0v) is 6.96. The standard InChI is InChI=1S/C8H13FO3/c1-5-2-3-8(12,4-5)6(9)7(10)11/h5-6,12H,2-4H2,1H3,(H,10,11). The number of alkyl halides is 1. The van der Waals surface area contributed by atoms with E-state index in [2.05, 4.69) is 0 Å². The van der Waals surface area contributed by atoms with Crippen LogP contribution >= 0.6 is 0 Å². The van der Waals surface area contributed by atoms with E-state index < -0.39 is 17.7 Å². The lowest BCUT2D eigenvalue weighted by Gasteiger charge is -2.23. The second-order valence-corrected chi connectivity index (χ2v) is 3.65. The molecule has 0 bridgehead atoms. The Kier molecular flexibility index (Phi) is 2.37. The van der Waals surface area contributed by atoms with Gasteiger partial charge in [-0.1, -0.05) is 6.92 Å². The van der Waals surface area contributed by atoms with Gasteiger partial charge in [0.05, 0.1) is 0 Å². The minimum atomic E-state index is -2.14. The van der Waals surface area contributed by atoms with Crippen molar-refractivity contribution in [2.45, 2.75) is 38.0 Å². The van der Waals surface area contributed by atoms with Crippen molar-refractivity contribution in [1.82, 2.24) is 0 Å². The summed E-state index contributed by atoms with van der Waals surface area (Å²) in [5.41, 5.74) is -1.62. The number of carboxylic acid groups (broad SMARTS) is 1. The smallest absolute Gasteiger partial charge is 0.341 e. The highest BCUT2D eigenvalue weighted by atomic mass is 19.1. The summed E-state index contributed by atoms with van der Waals surface area (Å²) in [6.45, 7) is 1.88. The van der Waals surface area contributed by atoms with Gasteiger partial charge >= 0.3 is 5.97 Å². The number of carbonyl (C=O) groups is 1. The molecule has 4 heteroatoms. The highest BCUT2D eigenvalue weighted by molar-refractivity contribution is 5.73. The molecule has 0 amide bonds. The summed E-state index contributed by atoms with van der Waals surface area (Å²) in [6.07, 6.45) is -0.936. The van der Waals surface area contributed by atoms with Crippen LogP contribution in [-0.4, -0.2) is 28.0 Å². The lowest BCUT2D eigenvalue weighted by Crippen LogP contribution is -2.42. The van der Waals surface area contributed by atoms with Crippen molar-refractivity contribution in [3.8, 4) is 0 Å². The molecular weight excluding hydrogens is 163 g/mol. The molecule has 3 unspecified atom stereocenters. The Morgan fingerprint density at radius 1 is 1.75 bits per heavy atom. The van der Waals surface area contributed by atoms with Crippen molar-refractivity contribution >= 4 is 5.97 Å². The van der Waals surface area contributed by atoms with Gasteiger partial charge in [0, 0.05) is 0 Å². The Labute approximate surface area is 70.2 Å². The maximum absolute atomic E-state index is 12.9. The monoisotopic (exact) mass is 176 g/mol. The average Bonchev–Trinajstić information content (AvgIpc) is 2.31. The fraction of sp³-hybridized carbons (Fsp3) is 0.875. The summed E-state index contributed by atoms with van der Waals surface area (Å²) < 4.78 is 12.9. The van der Waals surface area contributed by atoms with Crippen LogP contribution in [-0.2, 0) is 4.79 Å². The summed E-state index contributed by atoms with van der Waals surface area (Å²) in [5.74, 6) is -1.35. The first-order valence-electron chi connectivity index (χ1n) is 4.05. The van der Waals surface area contributed by atoms with Crippen LogP contribution in [0.2, 0.25) is 0 Å². The lowest BCUT2D eigenvalue weighted by molar-refractivity contribution is -0.154. The molecular formula is C8H13FO3. The maximum Gasteiger partial charge on any atom is 0.341 e. The molecule has 2 N–H and O–H groups in total. The predicted molar refractivity (Wildman–Crippen MR) is 40.5 cm³/mol. The Morgan fingerprint density at radius 3 is 2.67 bits per heavy atom. The molecule has 0 heterocycles. The van der Waals surface area contributed by atoms with Crippen molar-refractivity contribution in [3.63, 3.8) is 0 Å². The molecule has 1 aliphatic rings. The van der Waals surface area contributed by atoms with E-state index >= 15 is 0 Å². The summed E-state index contributed by atoms with van der Waals surface area (Å²) in [6, 6.07) is 0. The van der Waals surface area contributed by atoms with E-state index in [0.29, 0.717) is 6.42 Å². The predicted octanol–water partition coefficient (Wildman–Crippen LogP) is 0.960. The molecule has 0 aromatic heterocycles. The number of hydrogen-bond acceptors (Lipinski definition) is 2. The molecule has 0 spiro atoms. The van der Waals surface area contributed by atoms with Crippen molar-refractivity contribution < 1.29 is 19.4 Å². The molecule has 12 heavy (non-hydrogen) atoms. The van der Waals surface area contributed by atoms with E-state index in [1.165, 1.54) is 0 Å². The maximum atomic E-state index is 12.9. The normalized spacial score (nSPS) is 38.1. The SMILES string of the molecule is CC1CCC(O)(C(F)C(=O)O)C1. The van der Waals surface area contributed by atoms with Crippen molar-refractivity contribution in [3.05, 3.63) is 0 Å². The van der Waals surface area contributed by atoms with E-state index in [9.17, 15) is 14.3 Å². The van der Waals surface area contributed by atoms with Crippen LogP contribution in [0, 0.1) is 5.92 Å². The number of aliphatic carboxylic acids is 1. The fourth-order valence-corrected chi connectivity index (χ4v) is 1.76. The van der Waals surface area contributed by atoms with Gasteiger partial charge in [-0.05, 0) is 25.2 Å². The van der Waals surface area contributed by atoms with Gasteiger partial charge in [-0.25, -0.2) is 9.18 Å². The van der Waals surface area contributed by atoms with Crippen LogP contribution < -0.4 is 0 Å². The van der Waals surface area contributed by atoms with E-state index in [-0.39, 0.29) is 18.8 Å². The molecule has 0 aliphatic heterocycles. The Hall–Kier alpha value is -0.640. The van der Waals surface area contributed by atoms with Crippen LogP contribution in [0.15, 0.2) is 0 Å². The second-order valence-electron chi connectivity index (χ2n) is 3.65. The third kappa shape index (κ3) is 1.58. The first kappa shape index (κ1) is 9.45. The van der Waals surface area contributed by atoms with E-state index in [4.69, 9.17) is 5.11 Å². The summed E-state index contributed by atoms with van der Waals surface area (Å²) in [4.78, 5) is 10.3. The van der Waals surface area contributed by atoms with Crippen LogP contribution in [0.4, 0.5) is 4.39 Å². The highest BCUT2D eigenvalue weighted by Crippen LogP contribution is 2.37. The number of halogens is 1. The van der Waals surface area contributed by atoms with Crippen LogP contribution in [0.1, 0.15) is 26.2 Å². The number of aliphatic hydroxyl groups is 1. The molecule has 3 nitrogen and oxygen atoms in total. The largest absolute Gasteiger partial charge is 0.479 e. The molecule has 3 atom stereocenters. The van der Waals surface area contributed by atoms with Gasteiger partial charge in [-0.3, -0.25) is 0 Å². The molecule has 70 valence electrons. The van der Waals surface area contributed by atoms with Gasteiger partial charge < -0.3 is 10.2 Å². The molecule has 0 saturated heterocycles. The van der Waals surface area contributed by atoms with Gasteiger partial charge in [0.25, 0.3) is 0 Å². The number of hydrogen-bond donors (Lipinski definition) is 2. The third-order valence-corrected chi connectivity index (χ3v) is 2.46. The quantitative estimate of drug-likeness (QED) is 0.658. The first-order valence-corrected chi connectivity index (χ1v) is 4.05. The van der Waals surface area contributed by atoms with E-state index in [1.807, 2.05) is 6.92 Å². The van der Waals surface area contributed by atoms with Crippen molar-refractivity contribution in [2.75, 3.05) is 0 Å². The minimum Gasteiger partial charge on any atom is -0.479 e. The molecule has 1 aliphatic carbocycles. The average molecular weight is 176 g/mol. The summed E-state index contributed by atoms with van der Waals surface area (Å²) in [5, 5.41) is 17.9. The molecule has 0 radical (unpaired) electrons. The van der Waals surface area contributed by atoms with Gasteiger partial charge in [-0.2, -0.15) is 0 Å². The van der Waals surface area contributed by atoms with Gasteiger partial charge in [0.1, 0.15) is 5.60 Å².